The minimum absolute atomic E-state index is 0.342. The van der Waals surface area contributed by atoms with Crippen molar-refractivity contribution in [2.24, 2.45) is 4.99 Å². The van der Waals surface area contributed by atoms with Gasteiger partial charge in [0.05, 0.1) is 19.0 Å². The number of nitrogens with zero attached hydrogens (tertiary/aromatic N) is 3. The zero-order chi connectivity index (χ0) is 26.2. The monoisotopic (exact) mass is 497 g/mol. The molecule has 2 aromatic heterocycles. The zero-order valence-electron chi connectivity index (χ0n) is 20.5. The molecule has 0 radical (unpaired) electrons. The summed E-state index contributed by atoms with van der Waals surface area (Å²) in [6, 6.07) is 10.3. The molecule has 3 aromatic rings. The number of methoxy groups -OCH3 is 1. The van der Waals surface area contributed by atoms with Crippen molar-refractivity contribution in [3.63, 3.8) is 0 Å². The van der Waals surface area contributed by atoms with Crippen LogP contribution in [0.2, 0.25) is 0 Å². The third-order valence-corrected chi connectivity index (χ3v) is 5.22. The van der Waals surface area contributed by atoms with Gasteiger partial charge >= 0.3 is 0 Å². The van der Waals surface area contributed by atoms with Crippen molar-refractivity contribution in [1.82, 2.24) is 9.55 Å². The van der Waals surface area contributed by atoms with Crippen LogP contribution in [0.4, 0.5) is 20.3 Å². The molecule has 190 valence electrons. The van der Waals surface area contributed by atoms with E-state index in [0.29, 0.717) is 45.3 Å². The fourth-order valence-corrected chi connectivity index (χ4v) is 3.63. The summed E-state index contributed by atoms with van der Waals surface area (Å²) in [4.78, 5) is 22.0. The number of nitrogens with one attached hydrogen (secondary N) is 1. The fraction of sp³-hybridized carbons (Fsp3) is 0.269. The topological polar surface area (TPSA) is 104 Å². The Balaban J connectivity index is 0.00000176. The molecule has 0 spiro atoms. The number of ether oxygens (including phenoxy) is 2. The predicted molar refractivity (Wildman–Crippen MR) is 140 cm³/mol. The molecule has 8 nitrogen and oxygen atoms in total. The van der Waals surface area contributed by atoms with Gasteiger partial charge in [0.15, 0.2) is 0 Å². The van der Waals surface area contributed by atoms with Crippen LogP contribution in [0.1, 0.15) is 25.0 Å². The molecule has 1 aliphatic heterocycles. The molecule has 0 fully saturated rings. The van der Waals surface area contributed by atoms with Gasteiger partial charge in [0.25, 0.3) is 12.0 Å². The lowest BCUT2D eigenvalue weighted by atomic mass is 10.0. The van der Waals surface area contributed by atoms with E-state index in [2.05, 4.69) is 15.3 Å². The third-order valence-electron chi connectivity index (χ3n) is 5.22. The Hall–Kier alpha value is -4.05. The van der Waals surface area contributed by atoms with Crippen molar-refractivity contribution in [2.75, 3.05) is 31.8 Å². The highest BCUT2D eigenvalue weighted by atomic mass is 19.3. The van der Waals surface area contributed by atoms with Crippen LogP contribution in [-0.2, 0) is 4.74 Å². The van der Waals surface area contributed by atoms with E-state index in [0.717, 1.165) is 0 Å². The summed E-state index contributed by atoms with van der Waals surface area (Å²) < 4.78 is 37.1. The predicted octanol–water partition coefficient (Wildman–Crippen LogP) is 4.61. The van der Waals surface area contributed by atoms with Crippen molar-refractivity contribution >= 4 is 23.8 Å². The van der Waals surface area contributed by atoms with Gasteiger partial charge in [0, 0.05) is 41.7 Å². The molecule has 4 rings (SSSR count). The van der Waals surface area contributed by atoms with Crippen LogP contribution < -0.4 is 21.3 Å². The summed E-state index contributed by atoms with van der Waals surface area (Å²) in [5.74, 6) is 0.781. The summed E-state index contributed by atoms with van der Waals surface area (Å²) in [5.41, 5.74) is 9.11. The van der Waals surface area contributed by atoms with E-state index in [1.54, 1.807) is 61.8 Å². The number of alkyl halides is 2. The van der Waals surface area contributed by atoms with Gasteiger partial charge < -0.3 is 20.5 Å². The molecule has 36 heavy (non-hydrogen) atoms. The molecule has 1 aromatic carbocycles. The number of nitrogen functional groups attached to an aromatic ring is 1. The van der Waals surface area contributed by atoms with Gasteiger partial charge in [-0.1, -0.05) is 26.0 Å². The number of pyridine rings is 2. The lowest BCUT2D eigenvalue weighted by molar-refractivity contribution is 0.00179. The Bertz CT molecular complexity index is 1300. The number of hydrogen-bond acceptors (Lipinski definition) is 7. The number of benzene rings is 1. The average Bonchev–Trinajstić information content (AvgIpc) is 2.90. The molecular formula is C26H29F2N5O3. The lowest BCUT2D eigenvalue weighted by Crippen LogP contribution is -2.32. The van der Waals surface area contributed by atoms with Crippen LogP contribution in [0, 0.1) is 0 Å². The first kappa shape index (κ1) is 26.6. The second-order valence-corrected chi connectivity index (χ2v) is 7.44. The van der Waals surface area contributed by atoms with Gasteiger partial charge in [-0.2, -0.15) is 0 Å². The number of aliphatic imine (C=N–C) groups is 1. The average molecular weight is 498 g/mol. The van der Waals surface area contributed by atoms with E-state index in [1.165, 1.54) is 17.9 Å². The maximum Gasteiger partial charge on any atom is 0.264 e. The first-order valence-electron chi connectivity index (χ1n) is 11.4. The SMILES string of the molecule is CC.CN=Cc1cc(-c2cc3c(n(-c4ccc(OC)nc4)c2=O)NC(OCC(F)F)C=C3)ccc1N. The molecule has 10 heteroatoms. The largest absolute Gasteiger partial charge is 0.481 e. The van der Waals surface area contributed by atoms with Crippen LogP contribution in [0.15, 0.2) is 58.5 Å². The molecule has 0 saturated heterocycles. The molecular weight excluding hydrogens is 468 g/mol. The maximum atomic E-state index is 13.7. The number of aromatic nitrogens is 2. The highest BCUT2D eigenvalue weighted by Crippen LogP contribution is 2.30. The molecule has 3 N–H and O–H groups in total. The van der Waals surface area contributed by atoms with E-state index in [4.69, 9.17) is 15.2 Å². The number of anilines is 2. The Labute approximate surface area is 208 Å². The number of fused-ring (bicyclic) bond motifs is 1. The Morgan fingerprint density at radius 3 is 2.67 bits per heavy atom. The normalized spacial score (nSPS) is 14.2. The zero-order valence-corrected chi connectivity index (χ0v) is 20.5. The molecule has 0 saturated carbocycles. The summed E-state index contributed by atoms with van der Waals surface area (Å²) >= 11 is 0. The number of halogens is 2. The molecule has 3 heterocycles. The second kappa shape index (κ2) is 12.1. The van der Waals surface area contributed by atoms with Crippen LogP contribution in [0.25, 0.3) is 22.9 Å². The fourth-order valence-electron chi connectivity index (χ4n) is 3.63. The van der Waals surface area contributed by atoms with Gasteiger partial charge in [0.1, 0.15) is 18.7 Å². The van der Waals surface area contributed by atoms with Crippen LogP contribution >= 0.6 is 0 Å². The van der Waals surface area contributed by atoms with Gasteiger partial charge in [-0.05, 0) is 35.9 Å². The molecule has 1 unspecified atom stereocenters. The van der Waals surface area contributed by atoms with E-state index in [1.807, 2.05) is 13.8 Å². The summed E-state index contributed by atoms with van der Waals surface area (Å²) in [6.07, 6.45) is 3.02. The van der Waals surface area contributed by atoms with Crippen LogP contribution in [0.3, 0.4) is 0 Å². The van der Waals surface area contributed by atoms with Gasteiger partial charge in [-0.15, -0.1) is 0 Å². The van der Waals surface area contributed by atoms with Crippen LogP contribution in [-0.4, -0.2) is 49.2 Å². The Morgan fingerprint density at radius 2 is 2.03 bits per heavy atom. The summed E-state index contributed by atoms with van der Waals surface area (Å²) in [6.45, 7) is 3.26. The number of nitrogens with two attached hydrogens (primary N) is 1. The quantitative estimate of drug-likeness (QED) is 0.365. The third kappa shape index (κ3) is 5.77. The molecule has 1 atom stereocenters. The second-order valence-electron chi connectivity index (χ2n) is 7.44. The Morgan fingerprint density at radius 1 is 1.25 bits per heavy atom. The first-order chi connectivity index (χ1) is 17.4. The highest BCUT2D eigenvalue weighted by molar-refractivity contribution is 5.89. The number of hydrogen-bond donors (Lipinski definition) is 2. The molecule has 1 aliphatic rings. The van der Waals surface area contributed by atoms with Crippen molar-refractivity contribution in [3.8, 4) is 22.7 Å². The summed E-state index contributed by atoms with van der Waals surface area (Å²) in [7, 11) is 3.13. The minimum Gasteiger partial charge on any atom is -0.481 e. The van der Waals surface area contributed by atoms with Crippen molar-refractivity contribution in [3.05, 3.63) is 70.2 Å². The smallest absolute Gasteiger partial charge is 0.264 e. The summed E-state index contributed by atoms with van der Waals surface area (Å²) in [5, 5.41) is 3.03. The van der Waals surface area contributed by atoms with Crippen molar-refractivity contribution in [2.45, 2.75) is 26.5 Å². The van der Waals surface area contributed by atoms with Crippen molar-refractivity contribution < 1.29 is 18.3 Å². The van der Waals surface area contributed by atoms with Crippen LogP contribution in [0.5, 0.6) is 5.88 Å². The lowest BCUT2D eigenvalue weighted by Gasteiger charge is -2.26. The van der Waals surface area contributed by atoms with Gasteiger partial charge in [-0.25, -0.2) is 13.8 Å². The van der Waals surface area contributed by atoms with Gasteiger partial charge in [-0.3, -0.25) is 14.4 Å². The van der Waals surface area contributed by atoms with E-state index in [-0.39, 0.29) is 5.56 Å². The minimum atomic E-state index is -2.61. The molecule has 0 bridgehead atoms. The molecule has 0 amide bonds. The van der Waals surface area contributed by atoms with E-state index >= 15 is 0 Å². The standard InChI is InChI=1S/C24H23F2N5O3.C2H6/c1-28-11-16-9-14(3-6-19(16)27)18-10-15-4-7-22(34-13-20(25)26)30-23(15)31(24(18)32)17-5-8-21(33-2)29-12-17;1-2/h3-12,20,22,30H,13,27H2,1-2H3;1-2H3. The van der Waals surface area contributed by atoms with E-state index in [9.17, 15) is 13.6 Å². The maximum absolute atomic E-state index is 13.7. The Kier molecular flexibility index (Phi) is 8.91. The van der Waals surface area contributed by atoms with Crippen molar-refractivity contribution in [1.29, 1.82) is 0 Å². The first-order valence-corrected chi connectivity index (χ1v) is 11.4. The molecule has 0 aliphatic carbocycles. The highest BCUT2D eigenvalue weighted by Gasteiger charge is 2.22. The van der Waals surface area contributed by atoms with Gasteiger partial charge in [0.2, 0.25) is 5.88 Å². The number of rotatable bonds is 7. The van der Waals surface area contributed by atoms with E-state index < -0.39 is 19.3 Å².